The first-order valence-corrected chi connectivity index (χ1v) is 14.0. The van der Waals surface area contributed by atoms with E-state index < -0.39 is 14.2 Å². The minimum Gasteiger partial charge on any atom is -0.382 e. The van der Waals surface area contributed by atoms with Gasteiger partial charge in [-0.1, -0.05) is 57.6 Å². The summed E-state index contributed by atoms with van der Waals surface area (Å²) in [6.07, 6.45) is -0.925. The van der Waals surface area contributed by atoms with E-state index in [0.717, 1.165) is 22.3 Å². The number of imidazole rings is 1. The van der Waals surface area contributed by atoms with Crippen LogP contribution in [0, 0.1) is 12.7 Å². The van der Waals surface area contributed by atoms with Crippen molar-refractivity contribution in [2.45, 2.75) is 51.9 Å². The van der Waals surface area contributed by atoms with Gasteiger partial charge in [0.15, 0.2) is 0 Å². The molecule has 0 bridgehead atoms. The number of aromatic nitrogens is 2. The van der Waals surface area contributed by atoms with Crippen LogP contribution >= 0.6 is 27.5 Å². The number of aliphatic hydroxyl groups is 1. The zero-order valence-corrected chi connectivity index (χ0v) is 21.4. The standard InChI is InChI=1S/C23H27BrClFN2OSi/c1-14-13-15(7-12-18(14)25)20(29)19-21(24)27-22(30(5,6)23(2,3)4)28(19)17-10-8-16(26)9-11-17/h7-13,20,29H,1-6H3. The van der Waals surface area contributed by atoms with Crippen LogP contribution in [0.15, 0.2) is 47.1 Å². The third-order valence-corrected chi connectivity index (χ3v) is 12.4. The molecule has 0 aliphatic carbocycles. The van der Waals surface area contributed by atoms with E-state index in [1.165, 1.54) is 12.1 Å². The first kappa shape index (κ1) is 23.2. The molecular formula is C23H27BrClFN2OSi. The van der Waals surface area contributed by atoms with Crippen molar-refractivity contribution in [2.24, 2.45) is 0 Å². The topological polar surface area (TPSA) is 38.1 Å². The maximum absolute atomic E-state index is 13.7. The molecule has 160 valence electrons. The van der Waals surface area contributed by atoms with Gasteiger partial charge in [0.2, 0.25) is 0 Å². The molecule has 0 aliphatic rings. The Morgan fingerprint density at radius 3 is 2.27 bits per heavy atom. The first-order valence-electron chi connectivity index (χ1n) is 9.83. The second-order valence-electron chi connectivity index (χ2n) is 9.21. The minimum atomic E-state index is -2.10. The molecule has 0 spiro atoms. The molecule has 0 aliphatic heterocycles. The van der Waals surface area contributed by atoms with Crippen LogP contribution in [0.2, 0.25) is 23.2 Å². The third kappa shape index (κ3) is 4.15. The molecule has 3 rings (SSSR count). The lowest BCUT2D eigenvalue weighted by Gasteiger charge is -2.36. The molecule has 1 heterocycles. The molecule has 0 saturated carbocycles. The molecule has 3 nitrogen and oxygen atoms in total. The Labute approximate surface area is 192 Å². The quantitative estimate of drug-likeness (QED) is 0.406. The molecule has 2 aromatic carbocycles. The maximum atomic E-state index is 13.7. The minimum absolute atomic E-state index is 0.0225. The number of hydrogen-bond acceptors (Lipinski definition) is 2. The molecule has 30 heavy (non-hydrogen) atoms. The summed E-state index contributed by atoms with van der Waals surface area (Å²) in [6.45, 7) is 13.1. The summed E-state index contributed by atoms with van der Waals surface area (Å²) in [6, 6.07) is 11.8. The highest BCUT2D eigenvalue weighted by molar-refractivity contribution is 9.10. The highest BCUT2D eigenvalue weighted by atomic mass is 79.9. The fourth-order valence-electron chi connectivity index (χ4n) is 3.24. The van der Waals surface area contributed by atoms with E-state index >= 15 is 0 Å². The Bertz CT molecular complexity index is 1070. The van der Waals surface area contributed by atoms with Crippen LogP contribution in [-0.2, 0) is 0 Å². The molecule has 1 N–H and O–H groups in total. The lowest BCUT2D eigenvalue weighted by Crippen LogP contribution is -2.54. The average Bonchev–Trinajstić information content (AvgIpc) is 3.01. The average molecular weight is 510 g/mol. The molecular weight excluding hydrogens is 483 g/mol. The highest BCUT2D eigenvalue weighted by Gasteiger charge is 2.43. The highest BCUT2D eigenvalue weighted by Crippen LogP contribution is 2.38. The van der Waals surface area contributed by atoms with Gasteiger partial charge in [-0.05, 0) is 69.4 Å². The number of nitrogens with zero attached hydrogens (tertiary/aromatic N) is 2. The number of rotatable bonds is 4. The van der Waals surface area contributed by atoms with E-state index in [1.54, 1.807) is 18.2 Å². The summed E-state index contributed by atoms with van der Waals surface area (Å²) in [4.78, 5) is 4.90. The SMILES string of the molecule is Cc1cc(C(O)c2c(Br)nc([Si](C)(C)C(C)(C)C)n2-c2ccc(F)cc2)ccc1Cl. The van der Waals surface area contributed by atoms with Crippen molar-refractivity contribution in [2.75, 3.05) is 0 Å². The lowest BCUT2D eigenvalue weighted by molar-refractivity contribution is 0.212. The van der Waals surface area contributed by atoms with Crippen LogP contribution in [0.4, 0.5) is 4.39 Å². The summed E-state index contributed by atoms with van der Waals surface area (Å²) in [5.74, 6) is -0.303. The van der Waals surface area contributed by atoms with Gasteiger partial charge < -0.3 is 9.67 Å². The molecule has 0 saturated heterocycles. The third-order valence-electron chi connectivity index (χ3n) is 6.14. The fraction of sp³-hybridized carbons (Fsp3) is 0.348. The molecule has 1 aromatic heterocycles. The largest absolute Gasteiger partial charge is 0.382 e. The number of aliphatic hydroxyl groups excluding tert-OH is 1. The number of aryl methyl sites for hydroxylation is 1. The zero-order chi connectivity index (χ0) is 22.4. The summed E-state index contributed by atoms with van der Waals surface area (Å²) >= 11 is 9.78. The van der Waals surface area contributed by atoms with Gasteiger partial charge in [0.1, 0.15) is 24.6 Å². The number of halogens is 3. The van der Waals surface area contributed by atoms with Crippen molar-refractivity contribution >= 4 is 41.1 Å². The van der Waals surface area contributed by atoms with E-state index in [-0.39, 0.29) is 10.9 Å². The van der Waals surface area contributed by atoms with Gasteiger partial charge in [-0.15, -0.1) is 0 Å². The molecule has 1 unspecified atom stereocenters. The van der Waals surface area contributed by atoms with Crippen molar-refractivity contribution in [3.05, 3.63) is 74.7 Å². The molecule has 0 amide bonds. The van der Waals surface area contributed by atoms with Crippen LogP contribution in [0.5, 0.6) is 0 Å². The Balaban J connectivity index is 2.29. The Morgan fingerprint density at radius 1 is 1.13 bits per heavy atom. The van der Waals surface area contributed by atoms with Gasteiger partial charge in [-0.2, -0.15) is 0 Å². The summed E-state index contributed by atoms with van der Waals surface area (Å²) in [7, 11) is -2.10. The van der Waals surface area contributed by atoms with Gasteiger partial charge >= 0.3 is 0 Å². The van der Waals surface area contributed by atoms with Crippen LogP contribution in [0.25, 0.3) is 5.69 Å². The maximum Gasteiger partial charge on any atom is 0.132 e. The van der Waals surface area contributed by atoms with Gasteiger partial charge in [-0.3, -0.25) is 0 Å². The normalized spacial score (nSPS) is 13.5. The molecule has 0 fully saturated rings. The van der Waals surface area contributed by atoms with Crippen molar-refractivity contribution in [3.63, 3.8) is 0 Å². The van der Waals surface area contributed by atoms with Crippen LogP contribution in [0.1, 0.15) is 43.7 Å². The van der Waals surface area contributed by atoms with E-state index in [4.69, 9.17) is 16.6 Å². The van der Waals surface area contributed by atoms with Gasteiger partial charge in [0, 0.05) is 10.7 Å². The monoisotopic (exact) mass is 508 g/mol. The second kappa shape index (κ2) is 8.23. The number of hydrogen-bond donors (Lipinski definition) is 1. The van der Waals surface area contributed by atoms with Crippen LogP contribution < -0.4 is 5.45 Å². The fourth-order valence-corrected chi connectivity index (χ4v) is 5.96. The van der Waals surface area contributed by atoms with Crippen molar-refractivity contribution in [3.8, 4) is 5.69 Å². The summed E-state index contributed by atoms with van der Waals surface area (Å²) in [5.41, 5.74) is 3.94. The Morgan fingerprint density at radius 2 is 1.73 bits per heavy atom. The van der Waals surface area contributed by atoms with Crippen molar-refractivity contribution in [1.29, 1.82) is 0 Å². The van der Waals surface area contributed by atoms with Gasteiger partial charge in [-0.25, -0.2) is 9.37 Å². The van der Waals surface area contributed by atoms with E-state index in [0.29, 0.717) is 15.3 Å². The van der Waals surface area contributed by atoms with Gasteiger partial charge in [0.25, 0.3) is 0 Å². The predicted molar refractivity (Wildman–Crippen MR) is 128 cm³/mol. The molecule has 3 aromatic rings. The Hall–Kier alpha value is -1.47. The van der Waals surface area contributed by atoms with Gasteiger partial charge in [0.05, 0.1) is 11.1 Å². The predicted octanol–water partition coefficient (Wildman–Crippen LogP) is 6.53. The molecule has 0 radical (unpaired) electrons. The molecule has 1 atom stereocenters. The van der Waals surface area contributed by atoms with Crippen molar-refractivity contribution < 1.29 is 9.50 Å². The van der Waals surface area contributed by atoms with Crippen molar-refractivity contribution in [1.82, 2.24) is 9.55 Å². The smallest absolute Gasteiger partial charge is 0.132 e. The Kier molecular flexibility index (Phi) is 6.36. The molecule has 7 heteroatoms. The first-order chi connectivity index (χ1) is 13.8. The lowest BCUT2D eigenvalue weighted by atomic mass is 10.0. The van der Waals surface area contributed by atoms with E-state index in [9.17, 15) is 9.50 Å². The zero-order valence-electron chi connectivity index (χ0n) is 18.1. The summed E-state index contributed by atoms with van der Waals surface area (Å²) < 4.78 is 16.2. The summed E-state index contributed by atoms with van der Waals surface area (Å²) in [5, 5.41) is 12.0. The number of benzene rings is 2. The van der Waals surface area contributed by atoms with E-state index in [2.05, 4.69) is 49.8 Å². The second-order valence-corrected chi connectivity index (χ2v) is 15.6. The van der Waals surface area contributed by atoms with Crippen LogP contribution in [0.3, 0.4) is 0 Å². The van der Waals surface area contributed by atoms with E-state index in [1.807, 2.05) is 23.6 Å². The van der Waals surface area contributed by atoms with Crippen LogP contribution in [-0.4, -0.2) is 22.7 Å².